The van der Waals surface area contributed by atoms with Crippen molar-refractivity contribution in [3.8, 4) is 5.75 Å². The van der Waals surface area contributed by atoms with Crippen LogP contribution in [0.5, 0.6) is 5.75 Å². The van der Waals surface area contributed by atoms with Gasteiger partial charge in [0.05, 0.1) is 23.6 Å². The maximum absolute atomic E-state index is 13.0. The Hall–Kier alpha value is -1.99. The zero-order chi connectivity index (χ0) is 23.5. The summed E-state index contributed by atoms with van der Waals surface area (Å²) in [5.74, 6) is -0.654. The first-order valence-corrected chi connectivity index (χ1v) is 13.9. The fourth-order valence-electron chi connectivity index (χ4n) is 3.48. The quantitative estimate of drug-likeness (QED) is 0.573. The Morgan fingerprint density at radius 2 is 1.97 bits per heavy atom. The molecule has 176 valence electrons. The minimum absolute atomic E-state index is 0.00663. The normalized spacial score (nSPS) is 17.9. The minimum atomic E-state index is -3.76. The number of nitrogens with zero attached hydrogens (tertiary/aromatic N) is 1. The Bertz CT molecular complexity index is 1160. The molecule has 1 saturated heterocycles. The number of hydrogen-bond donors (Lipinski definition) is 2. The van der Waals surface area contributed by atoms with E-state index in [2.05, 4.69) is 10.0 Å². The summed E-state index contributed by atoms with van der Waals surface area (Å²) in [6.45, 7) is 3.83. The van der Waals surface area contributed by atoms with Crippen LogP contribution in [0.2, 0.25) is 0 Å². The number of benzene rings is 1. The van der Waals surface area contributed by atoms with E-state index in [1.165, 1.54) is 29.6 Å². The van der Waals surface area contributed by atoms with Crippen molar-refractivity contribution < 1.29 is 26.4 Å². The second-order valence-corrected chi connectivity index (χ2v) is 12.6. The van der Waals surface area contributed by atoms with Gasteiger partial charge in [-0.25, -0.2) is 21.6 Å². The van der Waals surface area contributed by atoms with E-state index in [0.717, 1.165) is 11.3 Å². The molecule has 1 aliphatic rings. The molecule has 3 rings (SSSR count). The van der Waals surface area contributed by atoms with Gasteiger partial charge in [0.1, 0.15) is 9.96 Å². The van der Waals surface area contributed by atoms with Crippen molar-refractivity contribution >= 4 is 43.0 Å². The minimum Gasteiger partial charge on any atom is -0.495 e. The van der Waals surface area contributed by atoms with Gasteiger partial charge in [0.15, 0.2) is 0 Å². The highest BCUT2D eigenvalue weighted by Crippen LogP contribution is 2.30. The van der Waals surface area contributed by atoms with E-state index < -0.39 is 26.0 Å². The molecule has 1 aromatic carbocycles. The molecule has 0 spiro atoms. The second-order valence-electron chi connectivity index (χ2n) is 7.76. The Morgan fingerprint density at radius 3 is 2.59 bits per heavy atom. The van der Waals surface area contributed by atoms with Crippen LogP contribution in [0, 0.1) is 5.92 Å². The van der Waals surface area contributed by atoms with Crippen molar-refractivity contribution in [3.05, 3.63) is 35.7 Å². The van der Waals surface area contributed by atoms with Gasteiger partial charge in [0, 0.05) is 19.1 Å². The largest absolute Gasteiger partial charge is 0.495 e. The number of piperidine rings is 1. The van der Waals surface area contributed by atoms with Gasteiger partial charge in [-0.3, -0.25) is 4.79 Å². The number of rotatable bonds is 8. The number of methoxy groups -OCH3 is 1. The SMILES string of the molecule is COc1ccc(S(=O)(=O)NC(C)C)cc1NC(=O)[C@H]1CCCN(S(=O)(=O)c2cccs2)C1. The number of sulfonamides is 2. The summed E-state index contributed by atoms with van der Waals surface area (Å²) in [7, 11) is -5.99. The molecule has 2 N–H and O–H groups in total. The number of thiophene rings is 1. The van der Waals surface area contributed by atoms with E-state index in [-0.39, 0.29) is 33.3 Å². The Morgan fingerprint density at radius 1 is 1.22 bits per heavy atom. The summed E-state index contributed by atoms with van der Waals surface area (Å²) in [6, 6.07) is 7.14. The zero-order valence-electron chi connectivity index (χ0n) is 18.1. The number of ether oxygens (including phenoxy) is 1. The van der Waals surface area contributed by atoms with Crippen LogP contribution in [0.15, 0.2) is 44.8 Å². The molecule has 32 heavy (non-hydrogen) atoms. The van der Waals surface area contributed by atoms with E-state index in [4.69, 9.17) is 4.74 Å². The molecule has 0 bridgehead atoms. The number of nitrogens with one attached hydrogen (secondary N) is 2. The second kappa shape index (κ2) is 9.87. The van der Waals surface area contributed by atoms with Crippen LogP contribution >= 0.6 is 11.3 Å². The summed E-state index contributed by atoms with van der Waals surface area (Å²) in [6.07, 6.45) is 1.07. The third kappa shape index (κ3) is 5.49. The van der Waals surface area contributed by atoms with Crippen LogP contribution in [0.25, 0.3) is 0 Å². The maximum Gasteiger partial charge on any atom is 0.252 e. The van der Waals surface area contributed by atoms with Crippen molar-refractivity contribution in [2.45, 2.75) is 41.8 Å². The zero-order valence-corrected chi connectivity index (χ0v) is 20.5. The Balaban J connectivity index is 1.79. The maximum atomic E-state index is 13.0. The van der Waals surface area contributed by atoms with Crippen molar-refractivity contribution in [1.82, 2.24) is 9.03 Å². The average Bonchev–Trinajstić information content (AvgIpc) is 3.28. The van der Waals surface area contributed by atoms with Crippen molar-refractivity contribution in [2.24, 2.45) is 5.92 Å². The van der Waals surface area contributed by atoms with Crippen molar-refractivity contribution in [1.29, 1.82) is 0 Å². The first-order chi connectivity index (χ1) is 15.0. The number of hydrogen-bond acceptors (Lipinski definition) is 7. The molecule has 1 aromatic heterocycles. The molecule has 2 heterocycles. The molecule has 1 atom stereocenters. The lowest BCUT2D eigenvalue weighted by molar-refractivity contribution is -0.120. The molecule has 2 aromatic rings. The highest BCUT2D eigenvalue weighted by Gasteiger charge is 2.34. The Labute approximate surface area is 192 Å². The van der Waals surface area contributed by atoms with Gasteiger partial charge in [-0.2, -0.15) is 4.31 Å². The summed E-state index contributed by atoms with van der Waals surface area (Å²) >= 11 is 1.14. The average molecular weight is 502 g/mol. The van der Waals surface area contributed by atoms with Gasteiger partial charge < -0.3 is 10.1 Å². The van der Waals surface area contributed by atoms with Crippen LogP contribution in [0.1, 0.15) is 26.7 Å². The van der Waals surface area contributed by atoms with E-state index in [1.807, 2.05) is 0 Å². The molecule has 0 aliphatic carbocycles. The lowest BCUT2D eigenvalue weighted by Gasteiger charge is -2.31. The summed E-state index contributed by atoms with van der Waals surface area (Å²) in [5.41, 5.74) is 0.211. The number of anilines is 1. The van der Waals surface area contributed by atoms with Gasteiger partial charge in [-0.1, -0.05) is 6.07 Å². The fourth-order valence-corrected chi connectivity index (χ4v) is 7.42. The lowest BCUT2D eigenvalue weighted by atomic mass is 9.98. The van der Waals surface area contributed by atoms with Crippen LogP contribution in [0.4, 0.5) is 5.69 Å². The van der Waals surface area contributed by atoms with Crippen LogP contribution in [-0.2, 0) is 24.8 Å². The first-order valence-electron chi connectivity index (χ1n) is 10.1. The third-order valence-electron chi connectivity index (χ3n) is 4.97. The molecule has 0 saturated carbocycles. The molecular weight excluding hydrogens is 474 g/mol. The molecule has 9 nitrogen and oxygen atoms in total. The van der Waals surface area contributed by atoms with Gasteiger partial charge in [-0.05, 0) is 56.3 Å². The molecule has 0 unspecified atom stereocenters. The van der Waals surface area contributed by atoms with Gasteiger partial charge in [-0.15, -0.1) is 11.3 Å². The monoisotopic (exact) mass is 501 g/mol. The number of carbonyl (C=O) groups excluding carboxylic acids is 1. The molecule has 12 heteroatoms. The summed E-state index contributed by atoms with van der Waals surface area (Å²) < 4.78 is 60.0. The molecule has 1 amide bonds. The number of amides is 1. The van der Waals surface area contributed by atoms with Crippen molar-refractivity contribution in [3.63, 3.8) is 0 Å². The van der Waals surface area contributed by atoms with Crippen LogP contribution in [0.3, 0.4) is 0 Å². The predicted octanol–water partition coefficient (Wildman–Crippen LogP) is 2.48. The van der Waals surface area contributed by atoms with E-state index in [0.29, 0.717) is 25.1 Å². The van der Waals surface area contributed by atoms with E-state index in [9.17, 15) is 21.6 Å². The first kappa shape index (κ1) is 24.6. The smallest absolute Gasteiger partial charge is 0.252 e. The topological polar surface area (TPSA) is 122 Å². The van der Waals surface area contributed by atoms with Crippen molar-refractivity contribution in [2.75, 3.05) is 25.5 Å². The molecular formula is C20H27N3O6S3. The van der Waals surface area contributed by atoms with Crippen LogP contribution in [-0.4, -0.2) is 53.3 Å². The van der Waals surface area contributed by atoms with E-state index in [1.54, 1.807) is 31.4 Å². The van der Waals surface area contributed by atoms with Gasteiger partial charge in [0.25, 0.3) is 10.0 Å². The number of carbonyl (C=O) groups is 1. The standard InChI is InChI=1S/C20H27N3O6S3/c1-14(2)22-31(25,26)16-8-9-18(29-3)17(12-16)21-20(24)15-6-4-10-23(13-15)32(27,28)19-7-5-11-30-19/h5,7-9,11-12,14-15,22H,4,6,10,13H2,1-3H3,(H,21,24)/t15-/m0/s1. The van der Waals surface area contributed by atoms with E-state index >= 15 is 0 Å². The fraction of sp³-hybridized carbons (Fsp3) is 0.450. The third-order valence-corrected chi connectivity index (χ3v) is 9.87. The highest BCUT2D eigenvalue weighted by atomic mass is 32.2. The molecule has 0 radical (unpaired) electrons. The summed E-state index contributed by atoms with van der Waals surface area (Å²) in [4.78, 5) is 13.0. The predicted molar refractivity (Wildman–Crippen MR) is 123 cm³/mol. The Kier molecular flexibility index (Phi) is 7.61. The molecule has 1 fully saturated rings. The summed E-state index contributed by atoms with van der Waals surface area (Å²) in [5, 5.41) is 4.43. The molecule has 1 aliphatic heterocycles. The highest BCUT2D eigenvalue weighted by molar-refractivity contribution is 7.91. The van der Waals surface area contributed by atoms with Crippen LogP contribution < -0.4 is 14.8 Å². The lowest BCUT2D eigenvalue weighted by Crippen LogP contribution is -2.43. The van der Waals surface area contributed by atoms with Gasteiger partial charge in [0.2, 0.25) is 15.9 Å². The van der Waals surface area contributed by atoms with Gasteiger partial charge >= 0.3 is 0 Å².